The molecule has 1 aromatic rings. The molecule has 1 aromatic carbocycles. The molecule has 20 heavy (non-hydrogen) atoms. The number of carbonyl (C=O) groups excluding carboxylic acids is 1. The Hall–Kier alpha value is -1.92. The maximum absolute atomic E-state index is 12.0. The summed E-state index contributed by atoms with van der Waals surface area (Å²) in [6.45, 7) is -0.128. The third-order valence-corrected chi connectivity index (χ3v) is 2.50. The monoisotopic (exact) mass is 290 g/mol. The highest BCUT2D eigenvalue weighted by atomic mass is 19.4. The standard InChI is InChI=1S/C13H17F3N2O2/c1-18(2)12(19)10-5-4-9(17)8-11(10)20-7-3-6-13(14,15)16/h4-5,8H,3,6-7,17H2,1-2H3. The maximum Gasteiger partial charge on any atom is 0.389 e. The second-order valence-corrected chi connectivity index (χ2v) is 4.52. The minimum absolute atomic E-state index is 0.128. The smallest absolute Gasteiger partial charge is 0.389 e. The van der Waals surface area contributed by atoms with Gasteiger partial charge in [-0.05, 0) is 18.6 Å². The van der Waals surface area contributed by atoms with Gasteiger partial charge in [-0.1, -0.05) is 0 Å². The molecule has 0 atom stereocenters. The maximum atomic E-state index is 12.0. The second kappa shape index (κ2) is 6.49. The van der Waals surface area contributed by atoms with Crippen molar-refractivity contribution in [1.82, 2.24) is 4.90 Å². The molecule has 4 nitrogen and oxygen atoms in total. The molecule has 0 saturated carbocycles. The minimum Gasteiger partial charge on any atom is -0.493 e. The summed E-state index contributed by atoms with van der Waals surface area (Å²) in [7, 11) is 3.15. The van der Waals surface area contributed by atoms with Crippen LogP contribution in [0.2, 0.25) is 0 Å². The van der Waals surface area contributed by atoms with E-state index in [1.54, 1.807) is 20.2 Å². The van der Waals surface area contributed by atoms with Gasteiger partial charge in [-0.15, -0.1) is 0 Å². The van der Waals surface area contributed by atoms with Crippen LogP contribution in [0.5, 0.6) is 5.75 Å². The lowest BCUT2D eigenvalue weighted by atomic mass is 10.1. The normalized spacial score (nSPS) is 11.2. The van der Waals surface area contributed by atoms with Crippen LogP contribution in [-0.2, 0) is 0 Å². The van der Waals surface area contributed by atoms with Crippen molar-refractivity contribution in [2.75, 3.05) is 26.4 Å². The topological polar surface area (TPSA) is 55.6 Å². The first-order valence-electron chi connectivity index (χ1n) is 6.01. The lowest BCUT2D eigenvalue weighted by molar-refractivity contribution is -0.136. The lowest BCUT2D eigenvalue weighted by Gasteiger charge is -2.15. The predicted molar refractivity (Wildman–Crippen MR) is 69.7 cm³/mol. The van der Waals surface area contributed by atoms with Crippen LogP contribution in [0, 0.1) is 0 Å². The van der Waals surface area contributed by atoms with Crippen LogP contribution in [0.25, 0.3) is 0 Å². The van der Waals surface area contributed by atoms with Crippen LogP contribution in [0.1, 0.15) is 23.2 Å². The van der Waals surface area contributed by atoms with Crippen molar-refractivity contribution >= 4 is 11.6 Å². The number of benzene rings is 1. The fourth-order valence-electron chi connectivity index (χ4n) is 1.53. The number of halogens is 3. The molecule has 0 aliphatic rings. The summed E-state index contributed by atoms with van der Waals surface area (Å²) >= 11 is 0. The van der Waals surface area contributed by atoms with Crippen molar-refractivity contribution in [1.29, 1.82) is 0 Å². The molecule has 0 aromatic heterocycles. The number of rotatable bonds is 5. The van der Waals surface area contributed by atoms with Gasteiger partial charge in [0.2, 0.25) is 0 Å². The number of nitrogens with zero attached hydrogens (tertiary/aromatic N) is 1. The Morgan fingerprint density at radius 1 is 1.35 bits per heavy atom. The number of hydrogen-bond donors (Lipinski definition) is 1. The van der Waals surface area contributed by atoms with Crippen LogP contribution in [0.15, 0.2) is 18.2 Å². The highest BCUT2D eigenvalue weighted by Gasteiger charge is 2.26. The zero-order valence-electron chi connectivity index (χ0n) is 11.3. The van der Waals surface area contributed by atoms with E-state index in [1.165, 1.54) is 17.0 Å². The molecule has 7 heteroatoms. The fourth-order valence-corrected chi connectivity index (χ4v) is 1.53. The van der Waals surface area contributed by atoms with Crippen LogP contribution < -0.4 is 10.5 Å². The van der Waals surface area contributed by atoms with Crippen molar-refractivity contribution < 1.29 is 22.7 Å². The van der Waals surface area contributed by atoms with Crippen molar-refractivity contribution in [2.45, 2.75) is 19.0 Å². The summed E-state index contributed by atoms with van der Waals surface area (Å²) < 4.78 is 41.3. The summed E-state index contributed by atoms with van der Waals surface area (Å²) in [4.78, 5) is 13.2. The molecule has 1 amide bonds. The van der Waals surface area contributed by atoms with Gasteiger partial charge >= 0.3 is 6.18 Å². The van der Waals surface area contributed by atoms with Crippen LogP contribution in [0.3, 0.4) is 0 Å². The van der Waals surface area contributed by atoms with E-state index in [2.05, 4.69) is 0 Å². The highest BCUT2D eigenvalue weighted by Crippen LogP contribution is 2.25. The number of hydrogen-bond acceptors (Lipinski definition) is 3. The lowest BCUT2D eigenvalue weighted by Crippen LogP contribution is -2.22. The van der Waals surface area contributed by atoms with Gasteiger partial charge in [-0.2, -0.15) is 13.2 Å². The molecule has 112 valence electrons. The Balaban J connectivity index is 2.73. The number of carbonyl (C=O) groups is 1. The summed E-state index contributed by atoms with van der Waals surface area (Å²) in [5.41, 5.74) is 6.25. The molecule has 2 N–H and O–H groups in total. The Morgan fingerprint density at radius 2 is 2.00 bits per heavy atom. The predicted octanol–water partition coefficient (Wildman–Crippen LogP) is 2.69. The first-order valence-corrected chi connectivity index (χ1v) is 6.01. The van der Waals surface area contributed by atoms with E-state index in [4.69, 9.17) is 10.5 Å². The molecule has 1 rings (SSSR count). The van der Waals surface area contributed by atoms with Crippen LogP contribution in [-0.4, -0.2) is 37.7 Å². The molecule has 0 aliphatic carbocycles. The van der Waals surface area contributed by atoms with Gasteiger partial charge in [0.05, 0.1) is 12.2 Å². The Labute approximate surface area is 115 Å². The number of nitrogens with two attached hydrogens (primary N) is 1. The molecular formula is C13H17F3N2O2. The highest BCUT2D eigenvalue weighted by molar-refractivity contribution is 5.97. The number of ether oxygens (including phenoxy) is 1. The molecule has 0 radical (unpaired) electrons. The van der Waals surface area contributed by atoms with Gasteiger partial charge in [0.15, 0.2) is 0 Å². The first kappa shape index (κ1) is 16.1. The molecule has 0 bridgehead atoms. The summed E-state index contributed by atoms with van der Waals surface area (Å²) in [6.07, 6.45) is -5.30. The average molecular weight is 290 g/mol. The van der Waals surface area contributed by atoms with Gasteiger partial charge in [0.1, 0.15) is 5.75 Å². The fraction of sp³-hybridized carbons (Fsp3) is 0.462. The van der Waals surface area contributed by atoms with Gasteiger partial charge in [0.25, 0.3) is 5.91 Å². The van der Waals surface area contributed by atoms with Gasteiger partial charge in [0, 0.05) is 32.3 Å². The van der Waals surface area contributed by atoms with Crippen molar-refractivity contribution in [3.63, 3.8) is 0 Å². The number of anilines is 1. The molecule has 0 unspecified atom stereocenters. The summed E-state index contributed by atoms with van der Waals surface area (Å²) in [5.74, 6) is -0.0957. The molecule has 0 spiro atoms. The van der Waals surface area contributed by atoms with E-state index in [0.717, 1.165) is 0 Å². The third-order valence-electron chi connectivity index (χ3n) is 2.50. The molecule has 0 saturated heterocycles. The zero-order chi connectivity index (χ0) is 15.3. The first-order chi connectivity index (χ1) is 9.20. The molecule has 0 fully saturated rings. The second-order valence-electron chi connectivity index (χ2n) is 4.52. The molecule has 0 aliphatic heterocycles. The third kappa shape index (κ3) is 4.99. The summed E-state index contributed by atoms with van der Waals surface area (Å²) in [5, 5.41) is 0. The average Bonchev–Trinajstić information content (AvgIpc) is 2.33. The molecule has 0 heterocycles. The number of amides is 1. The Kier molecular flexibility index (Phi) is 5.24. The zero-order valence-corrected chi connectivity index (χ0v) is 11.3. The van der Waals surface area contributed by atoms with Gasteiger partial charge < -0.3 is 15.4 Å². The summed E-state index contributed by atoms with van der Waals surface area (Å²) in [6, 6.07) is 4.47. The van der Waals surface area contributed by atoms with Crippen molar-refractivity contribution in [3.05, 3.63) is 23.8 Å². The largest absolute Gasteiger partial charge is 0.493 e. The number of nitrogen functional groups attached to an aromatic ring is 1. The van der Waals surface area contributed by atoms with E-state index in [9.17, 15) is 18.0 Å². The quantitative estimate of drug-likeness (QED) is 0.670. The van der Waals surface area contributed by atoms with E-state index >= 15 is 0 Å². The van der Waals surface area contributed by atoms with Crippen LogP contribution >= 0.6 is 0 Å². The number of alkyl halides is 3. The van der Waals surface area contributed by atoms with E-state index < -0.39 is 12.6 Å². The van der Waals surface area contributed by atoms with Gasteiger partial charge in [-0.3, -0.25) is 4.79 Å². The van der Waals surface area contributed by atoms with Crippen molar-refractivity contribution in [2.24, 2.45) is 0 Å². The van der Waals surface area contributed by atoms with E-state index in [0.29, 0.717) is 5.69 Å². The van der Waals surface area contributed by atoms with Crippen molar-refractivity contribution in [3.8, 4) is 5.75 Å². The van der Waals surface area contributed by atoms with E-state index in [-0.39, 0.29) is 30.2 Å². The SMILES string of the molecule is CN(C)C(=O)c1ccc(N)cc1OCCCC(F)(F)F. The minimum atomic E-state index is -4.21. The Morgan fingerprint density at radius 3 is 2.55 bits per heavy atom. The molecular weight excluding hydrogens is 273 g/mol. The van der Waals surface area contributed by atoms with Gasteiger partial charge in [-0.25, -0.2) is 0 Å². The van der Waals surface area contributed by atoms with E-state index in [1.807, 2.05) is 0 Å². The Bertz CT molecular complexity index is 473. The van der Waals surface area contributed by atoms with Crippen LogP contribution in [0.4, 0.5) is 18.9 Å².